The van der Waals surface area contributed by atoms with Crippen molar-refractivity contribution in [3.05, 3.63) is 114 Å². The number of hydrogen-bond donors (Lipinski definition) is 0. The van der Waals surface area contributed by atoms with Crippen LogP contribution in [0.25, 0.3) is 61.2 Å². The summed E-state index contributed by atoms with van der Waals surface area (Å²) < 4.78 is 25.3. The van der Waals surface area contributed by atoms with E-state index in [4.69, 9.17) is 9.40 Å². The first-order valence-corrected chi connectivity index (χ1v) is 20.6. The first-order valence-electron chi connectivity index (χ1n) is 17.1. The first-order chi connectivity index (χ1) is 22.7. The summed E-state index contributed by atoms with van der Waals surface area (Å²) in [6.07, 6.45) is 0. The van der Waals surface area contributed by atoms with Gasteiger partial charge in [-0.05, 0) is 78.3 Å². The molecule has 7 aromatic rings. The topological polar surface area (TPSA) is 31.0 Å². The van der Waals surface area contributed by atoms with Gasteiger partial charge >= 0.3 is 0 Å². The van der Waals surface area contributed by atoms with Crippen LogP contribution in [0.1, 0.15) is 70.1 Å². The fraction of sp³-hybridized carbons (Fsp3) is 0.279. The Hall–Kier alpha value is -4.48. The molecule has 0 amide bonds. The van der Waals surface area contributed by atoms with Crippen LogP contribution in [0, 0.1) is 0 Å². The number of benzene rings is 5. The molecule has 0 aliphatic rings. The van der Waals surface area contributed by atoms with E-state index in [9.17, 15) is 0 Å². The molecular weight excluding hydrogens is 608 g/mol. The highest BCUT2D eigenvalue weighted by Gasteiger charge is 2.30. The summed E-state index contributed by atoms with van der Waals surface area (Å²) in [5, 5.41) is 3.18. The Labute approximate surface area is 284 Å². The highest BCUT2D eigenvalue weighted by molar-refractivity contribution is 6.88. The molecule has 48 heavy (non-hydrogen) atoms. The molecule has 244 valence electrons. The number of alkyl halides is 1. The van der Waals surface area contributed by atoms with Crippen molar-refractivity contribution in [2.75, 3.05) is 0 Å². The van der Waals surface area contributed by atoms with E-state index in [0.717, 1.165) is 49.9 Å². The second kappa shape index (κ2) is 11.6. The van der Waals surface area contributed by atoms with E-state index < -0.39 is 13.7 Å². The number of halogens is 1. The minimum atomic E-state index is -1.60. The molecule has 0 unspecified atom stereocenters. The van der Waals surface area contributed by atoms with Crippen LogP contribution in [0.5, 0.6) is 0 Å². The highest BCUT2D eigenvalue weighted by Crippen LogP contribution is 2.45. The zero-order chi connectivity index (χ0) is 34.1. The Morgan fingerprint density at radius 2 is 1.40 bits per heavy atom. The van der Waals surface area contributed by atoms with Crippen LogP contribution in [0.15, 0.2) is 101 Å². The molecule has 5 heteroatoms. The van der Waals surface area contributed by atoms with E-state index >= 15 is 4.39 Å². The van der Waals surface area contributed by atoms with Crippen LogP contribution in [0.3, 0.4) is 0 Å². The normalized spacial score (nSPS) is 12.8. The number of fused-ring (bicyclic) bond motifs is 4. The third-order valence-electron chi connectivity index (χ3n) is 9.65. The number of hydrogen-bond acceptors (Lipinski definition) is 2. The van der Waals surface area contributed by atoms with Crippen LogP contribution in [-0.4, -0.2) is 17.6 Å². The fourth-order valence-corrected chi connectivity index (χ4v) is 8.23. The van der Waals surface area contributed by atoms with Crippen molar-refractivity contribution >= 4 is 46.2 Å². The summed E-state index contributed by atoms with van der Waals surface area (Å²) in [6.45, 7) is 19.7. The van der Waals surface area contributed by atoms with Gasteiger partial charge in [0.2, 0.25) is 0 Å². The van der Waals surface area contributed by atoms with Crippen molar-refractivity contribution in [3.8, 4) is 28.2 Å². The second-order valence-electron chi connectivity index (χ2n) is 15.3. The lowest BCUT2D eigenvalue weighted by Gasteiger charge is -2.27. The zero-order valence-electron chi connectivity index (χ0n) is 29.6. The number of nitrogens with zero attached hydrogens (tertiary/aromatic N) is 2. The van der Waals surface area contributed by atoms with Gasteiger partial charge in [-0.15, -0.1) is 0 Å². The number of aromatic nitrogens is 2. The van der Waals surface area contributed by atoms with Crippen LogP contribution < -0.4 is 5.19 Å². The van der Waals surface area contributed by atoms with Crippen molar-refractivity contribution in [1.82, 2.24) is 9.55 Å². The SMILES string of the molecule is CC(C)c1cc([Si](C)(C)C)cc(C(C)C)c1-n1c(-c2cccc3c2oc2cc(-c4ccccc4)cc(C(C)(C)F)c23)nc2ccccc21. The van der Waals surface area contributed by atoms with Crippen molar-refractivity contribution in [3.63, 3.8) is 0 Å². The van der Waals surface area contributed by atoms with Gasteiger partial charge in [0.25, 0.3) is 0 Å². The Bertz CT molecular complexity index is 2280. The quantitative estimate of drug-likeness (QED) is 0.160. The van der Waals surface area contributed by atoms with Gasteiger partial charge in [0.05, 0.1) is 30.4 Å². The molecule has 0 spiro atoms. The first kappa shape index (κ1) is 32.1. The Kier molecular flexibility index (Phi) is 7.75. The summed E-state index contributed by atoms with van der Waals surface area (Å²) in [4.78, 5) is 5.33. The predicted octanol–water partition coefficient (Wildman–Crippen LogP) is 12.3. The average Bonchev–Trinajstić information content (AvgIpc) is 3.61. The van der Waals surface area contributed by atoms with Gasteiger partial charge in [0, 0.05) is 16.3 Å². The molecule has 0 N–H and O–H groups in total. The monoisotopic (exact) mass is 652 g/mol. The molecule has 0 atom stereocenters. The Balaban J connectivity index is 1.59. The van der Waals surface area contributed by atoms with E-state index in [0.29, 0.717) is 23.0 Å². The van der Waals surface area contributed by atoms with Crippen LogP contribution in [0.4, 0.5) is 4.39 Å². The molecule has 0 saturated carbocycles. The molecule has 2 heterocycles. The Morgan fingerprint density at radius 3 is 2.02 bits per heavy atom. The molecule has 3 nitrogen and oxygen atoms in total. The molecular formula is C43H45FN2OSi. The van der Waals surface area contributed by atoms with E-state index in [1.54, 1.807) is 13.8 Å². The number of furan rings is 1. The maximum absolute atomic E-state index is 16.1. The van der Waals surface area contributed by atoms with E-state index in [1.807, 2.05) is 30.3 Å². The van der Waals surface area contributed by atoms with Gasteiger partial charge < -0.3 is 4.42 Å². The van der Waals surface area contributed by atoms with E-state index in [2.05, 4.69) is 119 Å². The third-order valence-corrected chi connectivity index (χ3v) is 11.7. The van der Waals surface area contributed by atoms with Crippen LogP contribution in [-0.2, 0) is 5.67 Å². The van der Waals surface area contributed by atoms with Gasteiger partial charge in [-0.2, -0.15) is 0 Å². The minimum absolute atomic E-state index is 0.301. The molecule has 0 radical (unpaired) electrons. The summed E-state index contributed by atoms with van der Waals surface area (Å²) in [5.41, 5.74) is 9.12. The molecule has 0 fully saturated rings. The fourth-order valence-electron chi connectivity index (χ4n) is 7.05. The highest BCUT2D eigenvalue weighted by atomic mass is 28.3. The smallest absolute Gasteiger partial charge is 0.149 e. The zero-order valence-corrected chi connectivity index (χ0v) is 30.6. The lowest BCUT2D eigenvalue weighted by Crippen LogP contribution is -2.38. The van der Waals surface area contributed by atoms with E-state index in [1.165, 1.54) is 22.0 Å². The lowest BCUT2D eigenvalue weighted by molar-refractivity contribution is 0.224. The van der Waals surface area contributed by atoms with Gasteiger partial charge in [0.15, 0.2) is 0 Å². The van der Waals surface area contributed by atoms with Crippen molar-refractivity contribution < 1.29 is 8.81 Å². The number of para-hydroxylation sites is 3. The van der Waals surface area contributed by atoms with Crippen LogP contribution >= 0.6 is 0 Å². The number of rotatable bonds is 7. The summed E-state index contributed by atoms with van der Waals surface area (Å²) >= 11 is 0. The maximum atomic E-state index is 16.1. The Morgan fingerprint density at radius 1 is 0.750 bits per heavy atom. The summed E-state index contributed by atoms with van der Waals surface area (Å²) in [5.74, 6) is 1.43. The van der Waals surface area contributed by atoms with Gasteiger partial charge in [-0.25, -0.2) is 9.37 Å². The predicted molar refractivity (Wildman–Crippen MR) is 205 cm³/mol. The lowest BCUT2D eigenvalue weighted by atomic mass is 9.90. The molecule has 7 rings (SSSR count). The molecule has 0 saturated heterocycles. The maximum Gasteiger partial charge on any atom is 0.149 e. The number of imidazole rings is 1. The van der Waals surface area contributed by atoms with Crippen LogP contribution in [0.2, 0.25) is 19.6 Å². The van der Waals surface area contributed by atoms with Gasteiger partial charge in [-0.3, -0.25) is 4.57 Å². The molecule has 5 aromatic carbocycles. The summed E-state index contributed by atoms with van der Waals surface area (Å²) in [6, 6.07) is 33.7. The van der Waals surface area contributed by atoms with E-state index in [-0.39, 0.29) is 0 Å². The summed E-state index contributed by atoms with van der Waals surface area (Å²) in [7, 11) is -1.60. The third kappa shape index (κ3) is 5.38. The minimum Gasteiger partial charge on any atom is -0.455 e. The molecule has 0 bridgehead atoms. The van der Waals surface area contributed by atoms with Gasteiger partial charge in [-0.1, -0.05) is 119 Å². The van der Waals surface area contributed by atoms with Gasteiger partial charge in [0.1, 0.15) is 22.7 Å². The molecule has 0 aliphatic carbocycles. The molecule has 0 aliphatic heterocycles. The largest absolute Gasteiger partial charge is 0.455 e. The molecule has 2 aromatic heterocycles. The van der Waals surface area contributed by atoms with Crippen molar-refractivity contribution in [2.45, 2.75) is 78.7 Å². The average molecular weight is 653 g/mol. The standard InChI is InChI=1S/C43H45FN2OSi/c1-26(2)33-24-30(48(7,8)9)25-34(27(3)4)40(33)46-37-21-14-13-20-36(37)45-42(46)32-19-15-18-31-39-35(43(5,6)44)22-29(23-38(39)47-41(31)32)28-16-11-10-12-17-28/h10-27H,1-9H3. The second-order valence-corrected chi connectivity index (χ2v) is 20.4. The van der Waals surface area contributed by atoms with Crippen molar-refractivity contribution in [1.29, 1.82) is 0 Å². The van der Waals surface area contributed by atoms with Crippen molar-refractivity contribution in [2.24, 2.45) is 0 Å².